The summed E-state index contributed by atoms with van der Waals surface area (Å²) in [5.74, 6) is -0.729. The molecule has 12 nitrogen and oxygen atoms in total. The van der Waals surface area contributed by atoms with Crippen molar-refractivity contribution in [3.63, 3.8) is 0 Å². The number of anilines is 4. The Morgan fingerprint density at radius 1 is 0.936 bits per heavy atom. The average molecular weight is 659 g/mol. The topological polar surface area (TPSA) is 154 Å². The molecule has 1 saturated carbocycles. The molecular weight excluding hydrogens is 627 g/mol. The molecule has 1 aliphatic carbocycles. The Bertz CT molecular complexity index is 2090. The number of methoxy groups -OCH3 is 2. The Kier molecular flexibility index (Phi) is 8.87. The van der Waals surface area contributed by atoms with Gasteiger partial charge in [-0.25, -0.2) is 27.3 Å². The first-order valence-electron chi connectivity index (χ1n) is 14.7. The van der Waals surface area contributed by atoms with Crippen LogP contribution in [0, 0.1) is 5.82 Å². The molecule has 5 aromatic rings. The number of aromatic nitrogens is 3. The summed E-state index contributed by atoms with van der Waals surface area (Å²) < 4.78 is 59.7. The minimum absolute atomic E-state index is 0.0730. The highest BCUT2D eigenvalue weighted by Crippen LogP contribution is 2.37. The second-order valence-corrected chi connectivity index (χ2v) is 12.4. The van der Waals surface area contributed by atoms with E-state index in [0.717, 1.165) is 12.8 Å². The summed E-state index contributed by atoms with van der Waals surface area (Å²) in [6, 6.07) is 16.0. The van der Waals surface area contributed by atoms with Gasteiger partial charge in [-0.1, -0.05) is 18.2 Å². The van der Waals surface area contributed by atoms with Crippen LogP contribution in [0.3, 0.4) is 0 Å². The van der Waals surface area contributed by atoms with Crippen LogP contribution < -0.4 is 24.8 Å². The second kappa shape index (κ2) is 13.2. The number of esters is 1. The van der Waals surface area contributed by atoms with Gasteiger partial charge in [-0.2, -0.15) is 4.98 Å². The number of hydrogen-bond acceptors (Lipinski definition) is 11. The first-order valence-corrected chi connectivity index (χ1v) is 16.2. The highest BCUT2D eigenvalue weighted by molar-refractivity contribution is 7.89. The number of ether oxygens (including phenoxy) is 3. The van der Waals surface area contributed by atoms with Gasteiger partial charge in [0, 0.05) is 40.9 Å². The Hall–Kier alpha value is -5.34. The van der Waals surface area contributed by atoms with Gasteiger partial charge in [-0.05, 0) is 67.8 Å². The molecule has 3 N–H and O–H groups in total. The molecule has 2 heterocycles. The predicted octanol–water partition coefficient (Wildman–Crippen LogP) is 5.95. The lowest BCUT2D eigenvalue weighted by Crippen LogP contribution is -2.26. The van der Waals surface area contributed by atoms with Crippen LogP contribution in [0.2, 0.25) is 0 Å². The maximum absolute atomic E-state index is 13.9. The lowest BCUT2D eigenvalue weighted by molar-refractivity contribution is 0.0526. The lowest BCUT2D eigenvalue weighted by Gasteiger charge is -2.18. The molecule has 0 spiro atoms. The molecule has 242 valence electrons. The molecule has 0 radical (unpaired) electrons. The second-order valence-electron chi connectivity index (χ2n) is 10.7. The molecule has 0 atom stereocenters. The van der Waals surface area contributed by atoms with E-state index < -0.39 is 21.8 Å². The van der Waals surface area contributed by atoms with Crippen LogP contribution in [0.5, 0.6) is 11.9 Å². The molecular formula is C33H31FN6O6S. The van der Waals surface area contributed by atoms with Gasteiger partial charge in [-0.15, -0.1) is 0 Å². The van der Waals surface area contributed by atoms with Crippen LogP contribution in [-0.2, 0) is 14.8 Å². The van der Waals surface area contributed by atoms with E-state index in [1.165, 1.54) is 32.5 Å². The fraction of sp³-hybridized carbons (Fsp3) is 0.212. The number of nitrogens with zero attached hydrogens (tertiary/aromatic N) is 3. The third kappa shape index (κ3) is 7.08. The predicted molar refractivity (Wildman–Crippen MR) is 175 cm³/mol. The molecule has 1 aliphatic rings. The number of nitrogens with one attached hydrogen (secondary N) is 3. The summed E-state index contributed by atoms with van der Waals surface area (Å²) in [5, 5.41) is 6.83. The lowest BCUT2D eigenvalue weighted by atomic mass is 10.0. The number of carbonyl (C=O) groups is 1. The summed E-state index contributed by atoms with van der Waals surface area (Å²) in [6.45, 7) is 1.85. The fourth-order valence-corrected chi connectivity index (χ4v) is 6.37. The zero-order valence-electron chi connectivity index (χ0n) is 25.7. The average Bonchev–Trinajstić information content (AvgIpc) is 3.87. The zero-order valence-corrected chi connectivity index (χ0v) is 26.5. The maximum atomic E-state index is 13.9. The highest BCUT2D eigenvalue weighted by atomic mass is 32.2. The van der Waals surface area contributed by atoms with Gasteiger partial charge < -0.3 is 24.8 Å². The quantitative estimate of drug-likeness (QED) is 0.136. The van der Waals surface area contributed by atoms with E-state index in [1.807, 2.05) is 0 Å². The van der Waals surface area contributed by atoms with Gasteiger partial charge in [0.15, 0.2) is 0 Å². The number of halogens is 1. The van der Waals surface area contributed by atoms with Gasteiger partial charge >= 0.3 is 12.0 Å². The maximum Gasteiger partial charge on any atom is 0.338 e. The van der Waals surface area contributed by atoms with Gasteiger partial charge in [-0.3, -0.25) is 4.98 Å². The van der Waals surface area contributed by atoms with Crippen LogP contribution in [-0.4, -0.2) is 56.2 Å². The number of rotatable bonds is 12. The fourth-order valence-electron chi connectivity index (χ4n) is 4.94. The van der Waals surface area contributed by atoms with Crippen molar-refractivity contribution in [3.8, 4) is 23.0 Å². The van der Waals surface area contributed by atoms with Crippen molar-refractivity contribution in [1.29, 1.82) is 0 Å². The van der Waals surface area contributed by atoms with Gasteiger partial charge in [0.1, 0.15) is 10.7 Å². The van der Waals surface area contributed by atoms with Crippen LogP contribution in [0.1, 0.15) is 30.1 Å². The summed E-state index contributed by atoms with van der Waals surface area (Å²) >= 11 is 0. The SMILES string of the molecule is CCOC(=O)c1cc(Nc2cccc(F)c2)cc(Nc2c(S(=O)(=O)NC3CC3)cnc3cc(-c4cnc(OC)nc4OC)ccc23)c1. The summed E-state index contributed by atoms with van der Waals surface area (Å²) in [4.78, 5) is 25.8. The Labute approximate surface area is 270 Å². The van der Waals surface area contributed by atoms with E-state index in [9.17, 15) is 17.6 Å². The van der Waals surface area contributed by atoms with Crippen molar-refractivity contribution >= 4 is 49.6 Å². The third-order valence-corrected chi connectivity index (χ3v) is 8.80. The van der Waals surface area contributed by atoms with Gasteiger partial charge in [0.2, 0.25) is 15.9 Å². The molecule has 6 rings (SSSR count). The van der Waals surface area contributed by atoms with Crippen molar-refractivity contribution in [1.82, 2.24) is 19.7 Å². The van der Waals surface area contributed by atoms with E-state index >= 15 is 0 Å². The third-order valence-electron chi connectivity index (χ3n) is 7.27. The van der Waals surface area contributed by atoms with Crippen molar-refractivity contribution in [3.05, 3.63) is 84.4 Å². The van der Waals surface area contributed by atoms with E-state index in [-0.39, 0.29) is 40.7 Å². The van der Waals surface area contributed by atoms with E-state index in [2.05, 4.69) is 30.3 Å². The van der Waals surface area contributed by atoms with Crippen molar-refractivity contribution in [2.24, 2.45) is 0 Å². The van der Waals surface area contributed by atoms with E-state index in [4.69, 9.17) is 14.2 Å². The van der Waals surface area contributed by atoms with Crippen LogP contribution in [0.15, 0.2) is 78.0 Å². The Morgan fingerprint density at radius 3 is 2.43 bits per heavy atom. The Balaban J connectivity index is 1.48. The Morgan fingerprint density at radius 2 is 1.72 bits per heavy atom. The van der Waals surface area contributed by atoms with Gasteiger partial charge in [0.25, 0.3) is 0 Å². The normalized spacial score (nSPS) is 12.9. The van der Waals surface area contributed by atoms with E-state index in [0.29, 0.717) is 39.1 Å². The summed E-state index contributed by atoms with van der Waals surface area (Å²) in [7, 11) is -1.06. The van der Waals surface area contributed by atoms with Gasteiger partial charge in [0.05, 0.1) is 43.2 Å². The minimum Gasteiger partial charge on any atom is -0.480 e. The first kappa shape index (κ1) is 31.6. The molecule has 0 aliphatic heterocycles. The van der Waals surface area contributed by atoms with Crippen molar-refractivity contribution in [2.45, 2.75) is 30.7 Å². The highest BCUT2D eigenvalue weighted by Gasteiger charge is 2.31. The standard InChI is InChI=1S/C33H31FN6O6S/c1-4-46-32(41)20-12-24(37-23-7-5-6-21(34)15-23)16-25(13-20)38-30-26-11-8-19(27-17-36-33(45-3)39-31(27)44-2)14-28(26)35-18-29(30)47(42,43)40-22-9-10-22/h5-8,11-18,22,37,40H,4,9-10H2,1-3H3,(H,35,38). The number of pyridine rings is 1. The molecule has 3 aromatic carbocycles. The zero-order chi connectivity index (χ0) is 33.1. The first-order chi connectivity index (χ1) is 22.7. The molecule has 2 aromatic heterocycles. The van der Waals surface area contributed by atoms with Crippen LogP contribution >= 0.6 is 0 Å². The number of sulfonamides is 1. The number of hydrogen-bond donors (Lipinski definition) is 3. The smallest absolute Gasteiger partial charge is 0.338 e. The molecule has 47 heavy (non-hydrogen) atoms. The number of fused-ring (bicyclic) bond motifs is 1. The van der Waals surface area contributed by atoms with Crippen LogP contribution in [0.4, 0.5) is 27.1 Å². The molecule has 0 unspecified atom stereocenters. The minimum atomic E-state index is -4.00. The monoisotopic (exact) mass is 658 g/mol. The summed E-state index contributed by atoms with van der Waals surface area (Å²) in [5.41, 5.74) is 3.42. The molecule has 0 bridgehead atoms. The van der Waals surface area contributed by atoms with E-state index in [1.54, 1.807) is 61.7 Å². The number of benzene rings is 3. The summed E-state index contributed by atoms with van der Waals surface area (Å²) in [6.07, 6.45) is 4.35. The largest absolute Gasteiger partial charge is 0.480 e. The number of carbonyl (C=O) groups excluding carboxylic acids is 1. The molecule has 1 fully saturated rings. The molecule has 14 heteroatoms. The van der Waals surface area contributed by atoms with Crippen molar-refractivity contribution in [2.75, 3.05) is 31.5 Å². The molecule has 0 amide bonds. The van der Waals surface area contributed by atoms with Crippen LogP contribution in [0.25, 0.3) is 22.0 Å². The van der Waals surface area contributed by atoms with Crippen molar-refractivity contribution < 1.29 is 31.8 Å². The molecule has 0 saturated heterocycles.